The second-order valence-electron chi connectivity index (χ2n) is 5.93. The summed E-state index contributed by atoms with van der Waals surface area (Å²) in [5, 5.41) is 0. The molecule has 1 aliphatic carbocycles. The Morgan fingerprint density at radius 3 is 2.55 bits per heavy atom. The molecule has 0 bridgehead atoms. The maximum Gasteiger partial charge on any atom is 0.419 e. The molecular formula is C15H17F3N4. The summed E-state index contributed by atoms with van der Waals surface area (Å²) in [6.45, 7) is 4.04. The van der Waals surface area contributed by atoms with E-state index in [1.165, 1.54) is 6.20 Å². The number of alkyl halides is 3. The number of pyridine rings is 1. The van der Waals surface area contributed by atoms with Crippen molar-refractivity contribution in [3.8, 4) is 11.3 Å². The van der Waals surface area contributed by atoms with Crippen LogP contribution in [0.2, 0.25) is 0 Å². The van der Waals surface area contributed by atoms with E-state index in [4.69, 9.17) is 5.73 Å². The highest BCUT2D eigenvalue weighted by Crippen LogP contribution is 2.39. The fourth-order valence-electron chi connectivity index (χ4n) is 2.46. The highest BCUT2D eigenvalue weighted by atomic mass is 19.4. The second-order valence-corrected chi connectivity index (χ2v) is 5.93. The van der Waals surface area contributed by atoms with Gasteiger partial charge in [0.05, 0.1) is 11.3 Å². The summed E-state index contributed by atoms with van der Waals surface area (Å²) in [5.41, 5.74) is 5.26. The molecule has 0 aliphatic heterocycles. The topological polar surface area (TPSA) is 56.7 Å². The predicted octanol–water partition coefficient (Wildman–Crippen LogP) is 4.00. The Morgan fingerprint density at radius 2 is 2.00 bits per heavy atom. The van der Waals surface area contributed by atoms with Gasteiger partial charge < -0.3 is 10.3 Å². The zero-order valence-corrected chi connectivity index (χ0v) is 12.4. The number of imidazole rings is 1. The van der Waals surface area contributed by atoms with E-state index in [1.807, 2.05) is 20.0 Å². The first-order chi connectivity index (χ1) is 10.3. The maximum atomic E-state index is 12.9. The second kappa shape index (κ2) is 5.00. The van der Waals surface area contributed by atoms with Crippen molar-refractivity contribution in [3.05, 3.63) is 29.8 Å². The Bertz CT molecular complexity index is 680. The third kappa shape index (κ3) is 2.67. The standard InChI is InChI=1S/C15H17F3N4/c1-8(2)14-21-12(7-22(14)10-3-4-10)9-5-11(15(16,17)18)13(19)20-6-9/h5-8,10H,3-4H2,1-2H3,(H2,19,20). The molecule has 0 amide bonds. The molecule has 0 unspecified atom stereocenters. The van der Waals surface area contributed by atoms with Crippen LogP contribution in [0.3, 0.4) is 0 Å². The Morgan fingerprint density at radius 1 is 1.32 bits per heavy atom. The Labute approximate surface area is 126 Å². The molecule has 1 fully saturated rings. The van der Waals surface area contributed by atoms with E-state index in [9.17, 15) is 13.2 Å². The molecule has 0 saturated heterocycles. The van der Waals surface area contributed by atoms with Crippen molar-refractivity contribution >= 4 is 5.82 Å². The quantitative estimate of drug-likeness (QED) is 0.932. The number of aromatic nitrogens is 3. The lowest BCUT2D eigenvalue weighted by Gasteiger charge is -2.09. The summed E-state index contributed by atoms with van der Waals surface area (Å²) in [6.07, 6.45) is 0.814. The van der Waals surface area contributed by atoms with Crippen molar-refractivity contribution in [2.45, 2.75) is 44.8 Å². The van der Waals surface area contributed by atoms with Gasteiger partial charge in [0.15, 0.2) is 0 Å². The van der Waals surface area contributed by atoms with E-state index < -0.39 is 17.6 Å². The molecule has 2 N–H and O–H groups in total. The van der Waals surface area contributed by atoms with Crippen LogP contribution in [0.4, 0.5) is 19.0 Å². The van der Waals surface area contributed by atoms with Crippen LogP contribution in [0.5, 0.6) is 0 Å². The fourth-order valence-corrected chi connectivity index (χ4v) is 2.46. The fraction of sp³-hybridized carbons (Fsp3) is 0.467. The van der Waals surface area contributed by atoms with Gasteiger partial charge in [-0.3, -0.25) is 0 Å². The van der Waals surface area contributed by atoms with E-state index in [2.05, 4.69) is 14.5 Å². The van der Waals surface area contributed by atoms with Crippen molar-refractivity contribution < 1.29 is 13.2 Å². The van der Waals surface area contributed by atoms with Crippen LogP contribution in [0.1, 0.15) is 50.0 Å². The molecule has 2 heterocycles. The number of nitrogens with zero attached hydrogens (tertiary/aromatic N) is 3. The summed E-state index contributed by atoms with van der Waals surface area (Å²) in [6, 6.07) is 1.44. The van der Waals surface area contributed by atoms with Crippen LogP contribution >= 0.6 is 0 Å². The first-order valence-electron chi connectivity index (χ1n) is 7.19. The zero-order chi connectivity index (χ0) is 16.1. The molecule has 0 radical (unpaired) electrons. The predicted molar refractivity (Wildman–Crippen MR) is 77.2 cm³/mol. The number of hydrogen-bond donors (Lipinski definition) is 1. The SMILES string of the molecule is CC(C)c1nc(-c2cnc(N)c(C(F)(F)F)c2)cn1C1CC1. The lowest BCUT2D eigenvalue weighted by atomic mass is 10.1. The number of anilines is 1. The van der Waals surface area contributed by atoms with Gasteiger partial charge in [-0.25, -0.2) is 9.97 Å². The van der Waals surface area contributed by atoms with Crippen LogP contribution < -0.4 is 5.73 Å². The minimum absolute atomic E-state index is 0.207. The van der Waals surface area contributed by atoms with Crippen LogP contribution in [-0.2, 0) is 6.18 Å². The van der Waals surface area contributed by atoms with Crippen molar-refractivity contribution in [2.24, 2.45) is 0 Å². The molecule has 2 aromatic rings. The van der Waals surface area contributed by atoms with Crippen LogP contribution in [0, 0.1) is 0 Å². The Hall–Kier alpha value is -2.05. The smallest absolute Gasteiger partial charge is 0.383 e. The lowest BCUT2D eigenvalue weighted by molar-refractivity contribution is -0.137. The molecular weight excluding hydrogens is 293 g/mol. The summed E-state index contributed by atoms with van der Waals surface area (Å²) >= 11 is 0. The average molecular weight is 310 g/mol. The number of halogens is 3. The van der Waals surface area contributed by atoms with Gasteiger partial charge >= 0.3 is 6.18 Å². The molecule has 4 nitrogen and oxygen atoms in total. The zero-order valence-electron chi connectivity index (χ0n) is 12.4. The van der Waals surface area contributed by atoms with Gasteiger partial charge in [-0.2, -0.15) is 13.2 Å². The number of rotatable bonds is 3. The molecule has 2 aromatic heterocycles. The highest BCUT2D eigenvalue weighted by molar-refractivity contribution is 5.62. The Balaban J connectivity index is 2.06. The normalized spacial score (nSPS) is 15.5. The molecule has 1 saturated carbocycles. The van der Waals surface area contributed by atoms with Crippen molar-refractivity contribution in [2.75, 3.05) is 5.73 Å². The van der Waals surface area contributed by atoms with Gasteiger partial charge in [0.25, 0.3) is 0 Å². The van der Waals surface area contributed by atoms with Crippen LogP contribution in [0.15, 0.2) is 18.5 Å². The van der Waals surface area contributed by atoms with E-state index in [-0.39, 0.29) is 5.92 Å². The molecule has 0 aromatic carbocycles. The van der Waals surface area contributed by atoms with Gasteiger partial charge in [-0.15, -0.1) is 0 Å². The molecule has 118 valence electrons. The van der Waals surface area contributed by atoms with E-state index in [1.54, 1.807) is 0 Å². The summed E-state index contributed by atoms with van der Waals surface area (Å²) in [5.74, 6) is 0.586. The van der Waals surface area contributed by atoms with Crippen LogP contribution in [0.25, 0.3) is 11.3 Å². The number of hydrogen-bond acceptors (Lipinski definition) is 3. The summed E-state index contributed by atoms with van der Waals surface area (Å²) < 4.78 is 40.9. The average Bonchev–Trinajstić information content (AvgIpc) is 3.17. The van der Waals surface area contributed by atoms with Crippen molar-refractivity contribution in [1.29, 1.82) is 0 Å². The largest absolute Gasteiger partial charge is 0.419 e. The van der Waals surface area contributed by atoms with E-state index in [0.717, 1.165) is 24.7 Å². The van der Waals surface area contributed by atoms with Crippen LogP contribution in [-0.4, -0.2) is 14.5 Å². The van der Waals surface area contributed by atoms with Crippen molar-refractivity contribution in [1.82, 2.24) is 14.5 Å². The molecule has 7 heteroatoms. The molecule has 3 rings (SSSR count). The molecule has 1 aliphatic rings. The molecule has 0 atom stereocenters. The third-order valence-corrected chi connectivity index (χ3v) is 3.74. The molecule has 0 spiro atoms. The first kappa shape index (κ1) is 14.9. The van der Waals surface area contributed by atoms with Gasteiger partial charge in [0.1, 0.15) is 11.6 Å². The number of nitrogen functional groups attached to an aromatic ring is 1. The summed E-state index contributed by atoms with van der Waals surface area (Å²) in [4.78, 5) is 8.18. The first-order valence-corrected chi connectivity index (χ1v) is 7.19. The van der Waals surface area contributed by atoms with Crippen molar-refractivity contribution in [3.63, 3.8) is 0 Å². The lowest BCUT2D eigenvalue weighted by Crippen LogP contribution is -2.10. The summed E-state index contributed by atoms with van der Waals surface area (Å²) in [7, 11) is 0. The Kier molecular flexibility index (Phi) is 3.38. The minimum atomic E-state index is -4.52. The van der Waals surface area contributed by atoms with E-state index in [0.29, 0.717) is 17.3 Å². The maximum absolute atomic E-state index is 12.9. The van der Waals surface area contributed by atoms with E-state index >= 15 is 0 Å². The van der Waals surface area contributed by atoms with Gasteiger partial charge in [0, 0.05) is 29.9 Å². The van der Waals surface area contributed by atoms with Gasteiger partial charge in [0.2, 0.25) is 0 Å². The minimum Gasteiger partial charge on any atom is -0.383 e. The number of nitrogens with two attached hydrogens (primary N) is 1. The highest BCUT2D eigenvalue weighted by Gasteiger charge is 2.34. The monoisotopic (exact) mass is 310 g/mol. The third-order valence-electron chi connectivity index (χ3n) is 3.74. The van der Waals surface area contributed by atoms with Gasteiger partial charge in [-0.05, 0) is 18.9 Å². The van der Waals surface area contributed by atoms with Gasteiger partial charge in [-0.1, -0.05) is 13.8 Å². The molecule has 22 heavy (non-hydrogen) atoms.